The van der Waals surface area contributed by atoms with E-state index >= 15 is 0 Å². The third-order valence-electron chi connectivity index (χ3n) is 3.36. The van der Waals surface area contributed by atoms with Crippen LogP contribution in [0.15, 0.2) is 24.3 Å². The molecule has 0 aliphatic carbocycles. The standard InChI is InChI=1S/C17H24N2OS/c1-5-18-10-16-13(4)19-17(21-16)11-20-15-9-7-6-8-14(15)12(2)3/h6-9,12,18H,5,10-11H2,1-4H3. The number of nitrogens with one attached hydrogen (secondary N) is 1. The Balaban J connectivity index is 2.03. The normalized spacial score (nSPS) is 11.1. The number of nitrogens with zero attached hydrogens (tertiary/aromatic N) is 1. The first kappa shape index (κ1) is 16.0. The highest BCUT2D eigenvalue weighted by molar-refractivity contribution is 7.11. The molecule has 0 fully saturated rings. The minimum absolute atomic E-state index is 0.462. The van der Waals surface area contributed by atoms with Gasteiger partial charge in [0.15, 0.2) is 0 Å². The predicted octanol–water partition coefficient (Wildman–Crippen LogP) is 4.26. The number of ether oxygens (including phenoxy) is 1. The largest absolute Gasteiger partial charge is 0.486 e. The van der Waals surface area contributed by atoms with Gasteiger partial charge in [0.05, 0.1) is 5.69 Å². The lowest BCUT2D eigenvalue weighted by molar-refractivity contribution is 0.301. The zero-order valence-electron chi connectivity index (χ0n) is 13.3. The van der Waals surface area contributed by atoms with E-state index in [9.17, 15) is 0 Å². The van der Waals surface area contributed by atoms with Gasteiger partial charge in [0, 0.05) is 11.4 Å². The molecular weight excluding hydrogens is 280 g/mol. The molecule has 1 aromatic heterocycles. The highest BCUT2D eigenvalue weighted by Crippen LogP contribution is 2.27. The van der Waals surface area contributed by atoms with Crippen LogP contribution in [0, 0.1) is 6.92 Å². The molecule has 2 aromatic rings. The predicted molar refractivity (Wildman–Crippen MR) is 89.1 cm³/mol. The van der Waals surface area contributed by atoms with E-state index in [2.05, 4.69) is 50.1 Å². The molecule has 21 heavy (non-hydrogen) atoms. The van der Waals surface area contributed by atoms with Crippen LogP contribution in [0.1, 0.15) is 47.8 Å². The number of aryl methyl sites for hydroxylation is 1. The van der Waals surface area contributed by atoms with E-state index in [1.54, 1.807) is 11.3 Å². The average Bonchev–Trinajstić information content (AvgIpc) is 2.83. The maximum Gasteiger partial charge on any atom is 0.140 e. The van der Waals surface area contributed by atoms with Gasteiger partial charge >= 0.3 is 0 Å². The molecule has 0 saturated carbocycles. The first-order valence-corrected chi connectivity index (χ1v) is 8.31. The second kappa shape index (κ2) is 7.57. The molecule has 0 radical (unpaired) electrons. The Morgan fingerprint density at radius 3 is 2.76 bits per heavy atom. The average molecular weight is 304 g/mol. The summed E-state index contributed by atoms with van der Waals surface area (Å²) in [6, 6.07) is 8.24. The Kier molecular flexibility index (Phi) is 5.76. The molecule has 0 atom stereocenters. The molecule has 0 aliphatic rings. The topological polar surface area (TPSA) is 34.1 Å². The first-order valence-electron chi connectivity index (χ1n) is 7.49. The number of hydrogen-bond acceptors (Lipinski definition) is 4. The quantitative estimate of drug-likeness (QED) is 0.829. The summed E-state index contributed by atoms with van der Waals surface area (Å²) in [5.41, 5.74) is 2.36. The summed E-state index contributed by atoms with van der Waals surface area (Å²) in [6.07, 6.45) is 0. The van der Waals surface area contributed by atoms with Gasteiger partial charge in [-0.3, -0.25) is 0 Å². The fraction of sp³-hybridized carbons (Fsp3) is 0.471. The van der Waals surface area contributed by atoms with Gasteiger partial charge < -0.3 is 10.1 Å². The van der Waals surface area contributed by atoms with E-state index in [4.69, 9.17) is 4.74 Å². The SMILES string of the molecule is CCNCc1sc(COc2ccccc2C(C)C)nc1C. The molecule has 0 spiro atoms. The molecule has 0 saturated heterocycles. The number of benzene rings is 1. The van der Waals surface area contributed by atoms with Crippen LogP contribution in [0.25, 0.3) is 0 Å². The van der Waals surface area contributed by atoms with Crippen LogP contribution in [0.4, 0.5) is 0 Å². The van der Waals surface area contributed by atoms with Crippen molar-refractivity contribution in [1.82, 2.24) is 10.3 Å². The minimum atomic E-state index is 0.462. The van der Waals surface area contributed by atoms with Crippen molar-refractivity contribution in [3.63, 3.8) is 0 Å². The summed E-state index contributed by atoms with van der Waals surface area (Å²) < 4.78 is 5.98. The van der Waals surface area contributed by atoms with Gasteiger partial charge in [0.2, 0.25) is 0 Å². The summed E-state index contributed by atoms with van der Waals surface area (Å²) >= 11 is 1.73. The molecule has 1 aromatic carbocycles. The fourth-order valence-corrected chi connectivity index (χ4v) is 3.13. The van der Waals surface area contributed by atoms with Crippen LogP contribution in [0.3, 0.4) is 0 Å². The molecule has 2 rings (SSSR count). The zero-order chi connectivity index (χ0) is 15.2. The van der Waals surface area contributed by atoms with E-state index in [1.807, 2.05) is 12.1 Å². The summed E-state index contributed by atoms with van der Waals surface area (Å²) in [5.74, 6) is 1.43. The lowest BCUT2D eigenvalue weighted by atomic mass is 10.0. The summed E-state index contributed by atoms with van der Waals surface area (Å²) in [7, 11) is 0. The molecule has 0 aliphatic heterocycles. The van der Waals surface area contributed by atoms with Crippen molar-refractivity contribution in [2.45, 2.75) is 46.8 Å². The van der Waals surface area contributed by atoms with Crippen LogP contribution in [-0.2, 0) is 13.2 Å². The van der Waals surface area contributed by atoms with E-state index in [0.29, 0.717) is 12.5 Å². The van der Waals surface area contributed by atoms with Crippen LogP contribution in [-0.4, -0.2) is 11.5 Å². The summed E-state index contributed by atoms with van der Waals surface area (Å²) in [6.45, 7) is 11.0. The van der Waals surface area contributed by atoms with Gasteiger partial charge in [-0.1, -0.05) is 39.0 Å². The second-order valence-corrected chi connectivity index (χ2v) is 6.55. The molecule has 114 valence electrons. The Hall–Kier alpha value is -1.39. The molecule has 0 unspecified atom stereocenters. The molecule has 0 amide bonds. The van der Waals surface area contributed by atoms with Crippen LogP contribution in [0.2, 0.25) is 0 Å². The zero-order valence-corrected chi connectivity index (χ0v) is 14.1. The Labute approximate surface area is 131 Å². The monoisotopic (exact) mass is 304 g/mol. The number of aromatic nitrogens is 1. The van der Waals surface area contributed by atoms with E-state index < -0.39 is 0 Å². The molecule has 1 heterocycles. The van der Waals surface area contributed by atoms with Gasteiger partial charge in [-0.05, 0) is 31.0 Å². The fourth-order valence-electron chi connectivity index (χ4n) is 2.18. The molecular formula is C17H24N2OS. The van der Waals surface area contributed by atoms with E-state index in [1.165, 1.54) is 10.4 Å². The molecule has 1 N–H and O–H groups in total. The molecule has 3 nitrogen and oxygen atoms in total. The number of rotatable bonds is 7. The van der Waals surface area contributed by atoms with Crippen molar-refractivity contribution in [2.75, 3.05) is 6.54 Å². The van der Waals surface area contributed by atoms with E-state index in [0.717, 1.165) is 29.5 Å². The third kappa shape index (κ3) is 4.29. The van der Waals surface area contributed by atoms with Gasteiger partial charge in [-0.15, -0.1) is 11.3 Å². The second-order valence-electron chi connectivity index (χ2n) is 5.38. The van der Waals surface area contributed by atoms with Crippen molar-refractivity contribution < 1.29 is 4.74 Å². The smallest absolute Gasteiger partial charge is 0.140 e. The number of para-hydroxylation sites is 1. The number of thiazole rings is 1. The van der Waals surface area contributed by atoms with E-state index in [-0.39, 0.29) is 0 Å². The highest BCUT2D eigenvalue weighted by atomic mass is 32.1. The van der Waals surface area contributed by atoms with Crippen molar-refractivity contribution in [1.29, 1.82) is 0 Å². The lowest BCUT2D eigenvalue weighted by Crippen LogP contribution is -2.11. The summed E-state index contributed by atoms with van der Waals surface area (Å²) in [5, 5.41) is 4.39. The number of hydrogen-bond donors (Lipinski definition) is 1. The molecule has 4 heteroatoms. The molecule has 0 bridgehead atoms. The Morgan fingerprint density at radius 2 is 2.05 bits per heavy atom. The van der Waals surface area contributed by atoms with Crippen molar-refractivity contribution >= 4 is 11.3 Å². The maximum absolute atomic E-state index is 5.98. The van der Waals surface area contributed by atoms with Gasteiger partial charge in [0.1, 0.15) is 17.4 Å². The maximum atomic E-state index is 5.98. The van der Waals surface area contributed by atoms with Crippen LogP contribution < -0.4 is 10.1 Å². The van der Waals surface area contributed by atoms with Crippen molar-refractivity contribution in [3.8, 4) is 5.75 Å². The van der Waals surface area contributed by atoms with Gasteiger partial charge in [-0.2, -0.15) is 0 Å². The highest BCUT2D eigenvalue weighted by Gasteiger charge is 2.10. The lowest BCUT2D eigenvalue weighted by Gasteiger charge is -2.12. The van der Waals surface area contributed by atoms with Gasteiger partial charge in [-0.25, -0.2) is 4.98 Å². The van der Waals surface area contributed by atoms with Crippen molar-refractivity contribution in [3.05, 3.63) is 45.4 Å². The first-order chi connectivity index (χ1) is 10.1. The van der Waals surface area contributed by atoms with Crippen molar-refractivity contribution in [2.24, 2.45) is 0 Å². The Morgan fingerprint density at radius 1 is 1.29 bits per heavy atom. The third-order valence-corrected chi connectivity index (χ3v) is 4.50. The summed E-state index contributed by atoms with van der Waals surface area (Å²) in [4.78, 5) is 5.91. The minimum Gasteiger partial charge on any atom is -0.486 e. The van der Waals surface area contributed by atoms with Crippen LogP contribution in [0.5, 0.6) is 5.75 Å². The van der Waals surface area contributed by atoms with Gasteiger partial charge in [0.25, 0.3) is 0 Å². The van der Waals surface area contributed by atoms with Crippen LogP contribution >= 0.6 is 11.3 Å². The Bertz CT molecular complexity index is 578.